The molecule has 0 saturated carbocycles. The van der Waals surface area contributed by atoms with Gasteiger partial charge in [0.15, 0.2) is 11.6 Å². The zero-order chi connectivity index (χ0) is 23.0. The van der Waals surface area contributed by atoms with Crippen LogP contribution in [0.2, 0.25) is 0 Å². The van der Waals surface area contributed by atoms with E-state index in [1.54, 1.807) is 31.5 Å². The number of hydrogen-bond donors (Lipinski definition) is 1. The standard InChI is InChI=1S/C25H19F3N2O2/c1-13(12-31)4-15-5-17(26)7-19(14(15)2)16-6-21-22(11-30-25(21)29-10-16)20-8-18(27)9-23(28)24(20)32-3/h4-12H,1-3H3,(H,29,30)/b13-4+. The van der Waals surface area contributed by atoms with Gasteiger partial charge in [0.2, 0.25) is 0 Å². The lowest BCUT2D eigenvalue weighted by molar-refractivity contribution is -0.104. The highest BCUT2D eigenvalue weighted by atomic mass is 19.1. The molecule has 0 aliphatic carbocycles. The Morgan fingerprint density at radius 1 is 1.03 bits per heavy atom. The maximum atomic E-state index is 14.4. The number of pyridine rings is 1. The maximum absolute atomic E-state index is 14.4. The second-order valence-electron chi connectivity index (χ2n) is 7.46. The van der Waals surface area contributed by atoms with E-state index in [0.29, 0.717) is 45.1 Å². The molecule has 4 rings (SSSR count). The molecule has 32 heavy (non-hydrogen) atoms. The van der Waals surface area contributed by atoms with E-state index >= 15 is 0 Å². The first-order chi connectivity index (χ1) is 15.3. The lowest BCUT2D eigenvalue weighted by Gasteiger charge is -2.12. The minimum absolute atomic E-state index is 0.0867. The van der Waals surface area contributed by atoms with Crippen molar-refractivity contribution in [3.63, 3.8) is 0 Å². The van der Waals surface area contributed by atoms with Crippen LogP contribution in [0.25, 0.3) is 39.4 Å². The molecular formula is C25H19F3N2O2. The second-order valence-corrected chi connectivity index (χ2v) is 7.46. The molecule has 2 heterocycles. The van der Waals surface area contributed by atoms with Crippen LogP contribution in [0.4, 0.5) is 13.2 Å². The Morgan fingerprint density at radius 3 is 2.47 bits per heavy atom. The van der Waals surface area contributed by atoms with Crippen molar-refractivity contribution in [2.24, 2.45) is 0 Å². The largest absolute Gasteiger partial charge is 0.493 e. The predicted molar refractivity (Wildman–Crippen MR) is 118 cm³/mol. The van der Waals surface area contributed by atoms with E-state index in [1.807, 2.05) is 6.92 Å². The number of carbonyl (C=O) groups is 1. The lowest BCUT2D eigenvalue weighted by Crippen LogP contribution is -1.94. The highest BCUT2D eigenvalue weighted by Gasteiger charge is 2.18. The number of methoxy groups -OCH3 is 1. The molecule has 0 aliphatic heterocycles. The van der Waals surface area contributed by atoms with E-state index in [0.717, 1.165) is 11.6 Å². The third-order valence-electron chi connectivity index (χ3n) is 5.33. The van der Waals surface area contributed by atoms with E-state index < -0.39 is 17.5 Å². The molecule has 0 spiro atoms. The van der Waals surface area contributed by atoms with Gasteiger partial charge in [-0.3, -0.25) is 4.79 Å². The lowest BCUT2D eigenvalue weighted by atomic mass is 9.95. The van der Waals surface area contributed by atoms with Crippen LogP contribution >= 0.6 is 0 Å². The molecule has 2 aromatic carbocycles. The number of carbonyl (C=O) groups excluding carboxylic acids is 1. The Hall–Kier alpha value is -3.87. The molecule has 0 saturated heterocycles. The predicted octanol–water partition coefficient (Wildman–Crippen LogP) is 6.23. The SMILES string of the molecule is COc1c(F)cc(F)cc1-c1c[nH]c2ncc(-c3cc(F)cc(/C=C(\C)C=O)c3C)cc12. The summed E-state index contributed by atoms with van der Waals surface area (Å²) >= 11 is 0. The summed E-state index contributed by atoms with van der Waals surface area (Å²) in [6, 6.07) is 6.47. The Labute approximate surface area is 182 Å². The molecule has 4 aromatic rings. The Kier molecular flexibility index (Phi) is 5.57. The minimum Gasteiger partial charge on any atom is -0.493 e. The molecule has 1 N–H and O–H groups in total. The quantitative estimate of drug-likeness (QED) is 0.298. The number of allylic oxidation sites excluding steroid dienone is 1. The van der Waals surface area contributed by atoms with E-state index in [-0.39, 0.29) is 11.3 Å². The van der Waals surface area contributed by atoms with Crippen LogP contribution in [0.1, 0.15) is 18.1 Å². The summed E-state index contributed by atoms with van der Waals surface area (Å²) in [4.78, 5) is 18.4. The van der Waals surface area contributed by atoms with Crippen molar-refractivity contribution in [3.8, 4) is 28.0 Å². The molecular weight excluding hydrogens is 417 g/mol. The molecule has 0 bridgehead atoms. The van der Waals surface area contributed by atoms with Gasteiger partial charge in [-0.2, -0.15) is 0 Å². The first kappa shape index (κ1) is 21.4. The number of benzene rings is 2. The van der Waals surface area contributed by atoms with Crippen molar-refractivity contribution < 1.29 is 22.7 Å². The number of nitrogens with one attached hydrogen (secondary N) is 1. The summed E-state index contributed by atoms with van der Waals surface area (Å²) in [5, 5.41) is 0.593. The van der Waals surface area contributed by atoms with Crippen LogP contribution in [0, 0.1) is 24.4 Å². The van der Waals surface area contributed by atoms with Gasteiger partial charge >= 0.3 is 0 Å². The van der Waals surface area contributed by atoms with Gasteiger partial charge in [-0.05, 0) is 66.5 Å². The van der Waals surface area contributed by atoms with Crippen molar-refractivity contribution in [2.75, 3.05) is 7.11 Å². The number of fused-ring (bicyclic) bond motifs is 1. The van der Waals surface area contributed by atoms with Gasteiger partial charge in [0.05, 0.1) is 7.11 Å². The Bertz CT molecular complexity index is 1390. The van der Waals surface area contributed by atoms with Crippen molar-refractivity contribution in [1.82, 2.24) is 9.97 Å². The van der Waals surface area contributed by atoms with Crippen LogP contribution in [-0.4, -0.2) is 23.4 Å². The summed E-state index contributed by atoms with van der Waals surface area (Å²) in [5.74, 6) is -2.10. The molecule has 2 aromatic heterocycles. The Morgan fingerprint density at radius 2 is 1.75 bits per heavy atom. The molecule has 0 amide bonds. The maximum Gasteiger partial charge on any atom is 0.168 e. The minimum atomic E-state index is -0.816. The average molecular weight is 436 g/mol. The van der Waals surface area contributed by atoms with Crippen LogP contribution in [0.15, 0.2) is 48.3 Å². The number of ether oxygens (including phenoxy) is 1. The zero-order valence-electron chi connectivity index (χ0n) is 17.6. The van der Waals surface area contributed by atoms with Gasteiger partial charge in [-0.25, -0.2) is 18.2 Å². The number of H-pyrrole nitrogens is 1. The van der Waals surface area contributed by atoms with Crippen LogP contribution < -0.4 is 4.74 Å². The average Bonchev–Trinajstić information content (AvgIpc) is 3.18. The smallest absolute Gasteiger partial charge is 0.168 e. The normalized spacial score (nSPS) is 11.8. The Balaban J connectivity index is 1.93. The highest BCUT2D eigenvalue weighted by Crippen LogP contribution is 2.38. The second kappa shape index (κ2) is 8.34. The number of hydrogen-bond acceptors (Lipinski definition) is 3. The topological polar surface area (TPSA) is 55.0 Å². The van der Waals surface area contributed by atoms with Gasteiger partial charge in [-0.1, -0.05) is 0 Å². The van der Waals surface area contributed by atoms with E-state index in [2.05, 4.69) is 9.97 Å². The number of halogens is 3. The fourth-order valence-electron chi connectivity index (χ4n) is 3.77. The molecule has 162 valence electrons. The summed E-state index contributed by atoms with van der Waals surface area (Å²) < 4.78 is 47.8. The van der Waals surface area contributed by atoms with Crippen molar-refractivity contribution in [3.05, 3.63) is 76.9 Å². The summed E-state index contributed by atoms with van der Waals surface area (Å²) in [5.41, 5.74) is 4.24. The summed E-state index contributed by atoms with van der Waals surface area (Å²) in [7, 11) is 1.31. The van der Waals surface area contributed by atoms with E-state index in [1.165, 1.54) is 25.3 Å². The molecule has 0 atom stereocenters. The van der Waals surface area contributed by atoms with Crippen molar-refractivity contribution in [2.45, 2.75) is 13.8 Å². The monoisotopic (exact) mass is 436 g/mol. The van der Waals surface area contributed by atoms with Gasteiger partial charge in [0.1, 0.15) is 23.6 Å². The molecule has 0 fully saturated rings. The highest BCUT2D eigenvalue weighted by molar-refractivity contribution is 5.97. The number of aldehydes is 1. The van der Waals surface area contributed by atoms with Gasteiger partial charge in [0, 0.05) is 40.5 Å². The van der Waals surface area contributed by atoms with Gasteiger partial charge in [-0.15, -0.1) is 0 Å². The van der Waals surface area contributed by atoms with Crippen LogP contribution in [-0.2, 0) is 4.79 Å². The molecule has 0 unspecified atom stereocenters. The molecule has 0 radical (unpaired) electrons. The molecule has 0 aliphatic rings. The number of aromatic nitrogens is 2. The fraction of sp³-hybridized carbons (Fsp3) is 0.120. The molecule has 4 nitrogen and oxygen atoms in total. The number of aromatic amines is 1. The molecule has 7 heteroatoms. The number of nitrogens with zero attached hydrogens (tertiary/aromatic N) is 1. The van der Waals surface area contributed by atoms with Crippen molar-refractivity contribution >= 4 is 23.4 Å². The van der Waals surface area contributed by atoms with E-state index in [9.17, 15) is 18.0 Å². The first-order valence-corrected chi connectivity index (χ1v) is 9.77. The fourth-order valence-corrected chi connectivity index (χ4v) is 3.77. The van der Waals surface area contributed by atoms with Crippen LogP contribution in [0.3, 0.4) is 0 Å². The third kappa shape index (κ3) is 3.77. The summed E-state index contributed by atoms with van der Waals surface area (Å²) in [6.45, 7) is 3.47. The first-order valence-electron chi connectivity index (χ1n) is 9.77. The van der Waals surface area contributed by atoms with E-state index in [4.69, 9.17) is 4.74 Å². The van der Waals surface area contributed by atoms with Gasteiger partial charge in [0.25, 0.3) is 0 Å². The van der Waals surface area contributed by atoms with Crippen LogP contribution in [0.5, 0.6) is 5.75 Å². The summed E-state index contributed by atoms with van der Waals surface area (Å²) in [6.07, 6.45) is 5.50. The number of rotatable bonds is 5. The zero-order valence-corrected chi connectivity index (χ0v) is 17.6. The van der Waals surface area contributed by atoms with Gasteiger partial charge < -0.3 is 9.72 Å². The van der Waals surface area contributed by atoms with Crippen molar-refractivity contribution in [1.29, 1.82) is 0 Å². The third-order valence-corrected chi connectivity index (χ3v) is 5.33.